The third kappa shape index (κ3) is 2.43. The number of hydrogen-bond acceptors (Lipinski definition) is 2. The molecule has 1 N–H and O–H groups in total. The van der Waals surface area contributed by atoms with E-state index >= 15 is 0 Å². The lowest BCUT2D eigenvalue weighted by Crippen LogP contribution is -2.45. The Balaban J connectivity index is 2.08. The minimum absolute atomic E-state index is 0.362. The Hall–Kier alpha value is -0.890. The lowest BCUT2D eigenvalue weighted by molar-refractivity contribution is 0.0702. The van der Waals surface area contributed by atoms with Gasteiger partial charge in [0.2, 0.25) is 0 Å². The summed E-state index contributed by atoms with van der Waals surface area (Å²) in [6, 6.07) is 6.72. The van der Waals surface area contributed by atoms with Crippen molar-refractivity contribution >= 4 is 0 Å². The van der Waals surface area contributed by atoms with Gasteiger partial charge in [-0.2, -0.15) is 0 Å². The zero-order valence-electron chi connectivity index (χ0n) is 13.0. The average molecular weight is 260 g/mol. The molecule has 0 spiro atoms. The maximum Gasteiger partial charge on any atom is 0.0541 e. The molecule has 2 rings (SSSR count). The van der Waals surface area contributed by atoms with Crippen molar-refractivity contribution in [2.75, 3.05) is 0 Å². The molecule has 106 valence electrons. The molecule has 2 heteroatoms. The summed E-state index contributed by atoms with van der Waals surface area (Å²) in [6.07, 6.45) is 4.37. The molecule has 19 heavy (non-hydrogen) atoms. The Labute approximate surface area is 118 Å². The molecule has 0 aromatic carbocycles. The molecule has 1 aromatic rings. The van der Waals surface area contributed by atoms with Crippen molar-refractivity contribution in [3.05, 3.63) is 30.1 Å². The maximum atomic E-state index is 4.41. The van der Waals surface area contributed by atoms with Gasteiger partial charge in [0.05, 0.1) is 5.69 Å². The zero-order chi connectivity index (χ0) is 14.1. The SMILES string of the molecule is CCC1(C)C(NCc2ccccn2)C[C@@H](C)C1(C)C. The van der Waals surface area contributed by atoms with Gasteiger partial charge >= 0.3 is 0 Å². The van der Waals surface area contributed by atoms with E-state index in [1.807, 2.05) is 12.3 Å². The predicted octanol–water partition coefficient (Wildman–Crippen LogP) is 4.02. The molecule has 1 aliphatic rings. The third-order valence-corrected chi connectivity index (χ3v) is 6.05. The minimum Gasteiger partial charge on any atom is -0.308 e. The molecule has 1 aromatic heterocycles. The Morgan fingerprint density at radius 3 is 2.63 bits per heavy atom. The predicted molar refractivity (Wildman–Crippen MR) is 80.8 cm³/mol. The van der Waals surface area contributed by atoms with Gasteiger partial charge in [-0.1, -0.05) is 40.7 Å². The summed E-state index contributed by atoms with van der Waals surface area (Å²) in [4.78, 5) is 4.41. The lowest BCUT2D eigenvalue weighted by atomic mass is 9.63. The number of hydrogen-bond donors (Lipinski definition) is 1. The van der Waals surface area contributed by atoms with E-state index in [-0.39, 0.29) is 0 Å². The molecule has 0 amide bonds. The number of nitrogens with zero attached hydrogens (tertiary/aromatic N) is 1. The van der Waals surface area contributed by atoms with Crippen molar-refractivity contribution in [2.45, 2.75) is 60.0 Å². The molecule has 1 saturated carbocycles. The third-order valence-electron chi connectivity index (χ3n) is 6.05. The van der Waals surface area contributed by atoms with Crippen LogP contribution in [-0.2, 0) is 6.54 Å². The quantitative estimate of drug-likeness (QED) is 0.884. The standard InChI is InChI=1S/C17H28N2/c1-6-17(5)15(11-13(2)16(17,3)4)19-12-14-9-7-8-10-18-14/h7-10,13,15,19H,6,11-12H2,1-5H3/t13-,15?,17?/m1/s1. The zero-order valence-corrected chi connectivity index (χ0v) is 13.0. The van der Waals surface area contributed by atoms with Crippen molar-refractivity contribution in [1.82, 2.24) is 10.3 Å². The number of nitrogens with one attached hydrogen (secondary N) is 1. The molecule has 1 fully saturated rings. The maximum absolute atomic E-state index is 4.41. The van der Waals surface area contributed by atoms with E-state index in [4.69, 9.17) is 0 Å². The molecule has 0 radical (unpaired) electrons. The topological polar surface area (TPSA) is 24.9 Å². The van der Waals surface area contributed by atoms with E-state index < -0.39 is 0 Å². The fourth-order valence-corrected chi connectivity index (χ4v) is 3.66. The molecule has 2 unspecified atom stereocenters. The highest BCUT2D eigenvalue weighted by Gasteiger charge is 2.54. The fourth-order valence-electron chi connectivity index (χ4n) is 3.66. The molecule has 3 atom stereocenters. The van der Waals surface area contributed by atoms with Gasteiger partial charge in [-0.05, 0) is 41.7 Å². The number of aromatic nitrogens is 1. The molecular formula is C17H28N2. The lowest BCUT2D eigenvalue weighted by Gasteiger charge is -2.43. The normalized spacial score (nSPS) is 33.5. The van der Waals surface area contributed by atoms with Crippen LogP contribution >= 0.6 is 0 Å². The van der Waals surface area contributed by atoms with E-state index in [0.717, 1.165) is 18.2 Å². The van der Waals surface area contributed by atoms with Crippen LogP contribution in [0.2, 0.25) is 0 Å². The van der Waals surface area contributed by atoms with Crippen LogP contribution in [0.3, 0.4) is 0 Å². The second kappa shape index (κ2) is 5.24. The molecule has 0 aliphatic heterocycles. The Kier molecular flexibility index (Phi) is 4.00. The minimum atomic E-state index is 0.362. The summed E-state index contributed by atoms with van der Waals surface area (Å²) in [7, 11) is 0. The van der Waals surface area contributed by atoms with Gasteiger partial charge in [0.1, 0.15) is 0 Å². The summed E-state index contributed by atoms with van der Waals surface area (Å²) in [5.41, 5.74) is 1.89. The summed E-state index contributed by atoms with van der Waals surface area (Å²) >= 11 is 0. The Morgan fingerprint density at radius 2 is 2.05 bits per heavy atom. The van der Waals surface area contributed by atoms with E-state index in [1.54, 1.807) is 0 Å². The first-order valence-corrected chi connectivity index (χ1v) is 7.55. The smallest absolute Gasteiger partial charge is 0.0541 e. The van der Waals surface area contributed by atoms with Gasteiger partial charge in [0.15, 0.2) is 0 Å². The van der Waals surface area contributed by atoms with Crippen LogP contribution in [0.1, 0.15) is 53.2 Å². The van der Waals surface area contributed by atoms with Gasteiger partial charge < -0.3 is 5.32 Å². The number of pyridine rings is 1. The van der Waals surface area contributed by atoms with Crippen molar-refractivity contribution < 1.29 is 0 Å². The highest BCUT2D eigenvalue weighted by atomic mass is 15.0. The largest absolute Gasteiger partial charge is 0.308 e. The average Bonchev–Trinajstić information content (AvgIpc) is 2.58. The highest BCUT2D eigenvalue weighted by Crippen LogP contribution is 2.57. The van der Waals surface area contributed by atoms with Crippen LogP contribution < -0.4 is 5.32 Å². The molecule has 1 aliphatic carbocycles. The van der Waals surface area contributed by atoms with Crippen LogP contribution in [0.25, 0.3) is 0 Å². The second-order valence-electron chi connectivity index (χ2n) is 6.88. The fraction of sp³-hybridized carbons (Fsp3) is 0.706. The first-order chi connectivity index (χ1) is 8.91. The number of rotatable bonds is 4. The molecular weight excluding hydrogens is 232 g/mol. The Morgan fingerprint density at radius 1 is 1.32 bits per heavy atom. The van der Waals surface area contributed by atoms with Crippen LogP contribution in [0.15, 0.2) is 24.4 Å². The highest BCUT2D eigenvalue weighted by molar-refractivity contribution is 5.08. The summed E-state index contributed by atoms with van der Waals surface area (Å²) < 4.78 is 0. The van der Waals surface area contributed by atoms with Crippen LogP contribution in [0.5, 0.6) is 0 Å². The monoisotopic (exact) mass is 260 g/mol. The summed E-state index contributed by atoms with van der Waals surface area (Å²) in [6.45, 7) is 12.9. The van der Waals surface area contributed by atoms with E-state index in [9.17, 15) is 0 Å². The second-order valence-corrected chi connectivity index (χ2v) is 6.88. The van der Waals surface area contributed by atoms with Gasteiger partial charge in [0.25, 0.3) is 0 Å². The van der Waals surface area contributed by atoms with E-state index in [1.165, 1.54) is 12.8 Å². The van der Waals surface area contributed by atoms with Crippen molar-refractivity contribution in [1.29, 1.82) is 0 Å². The van der Waals surface area contributed by atoms with Gasteiger partial charge in [0, 0.05) is 18.8 Å². The van der Waals surface area contributed by atoms with E-state index in [0.29, 0.717) is 16.9 Å². The molecule has 0 saturated heterocycles. The Bertz CT molecular complexity index is 413. The molecule has 2 nitrogen and oxygen atoms in total. The van der Waals surface area contributed by atoms with Crippen molar-refractivity contribution in [2.24, 2.45) is 16.7 Å². The summed E-state index contributed by atoms with van der Waals surface area (Å²) in [5, 5.41) is 3.76. The van der Waals surface area contributed by atoms with Crippen molar-refractivity contribution in [3.63, 3.8) is 0 Å². The van der Waals surface area contributed by atoms with E-state index in [2.05, 4.69) is 57.1 Å². The summed E-state index contributed by atoms with van der Waals surface area (Å²) in [5.74, 6) is 0.763. The van der Waals surface area contributed by atoms with Gasteiger partial charge in [-0.3, -0.25) is 4.98 Å². The molecule has 0 bridgehead atoms. The van der Waals surface area contributed by atoms with Crippen LogP contribution in [0, 0.1) is 16.7 Å². The molecule has 1 heterocycles. The first-order valence-electron chi connectivity index (χ1n) is 7.55. The van der Waals surface area contributed by atoms with Crippen LogP contribution in [0.4, 0.5) is 0 Å². The van der Waals surface area contributed by atoms with Crippen molar-refractivity contribution in [3.8, 4) is 0 Å². The first kappa shape index (κ1) is 14.5. The van der Waals surface area contributed by atoms with Crippen LogP contribution in [-0.4, -0.2) is 11.0 Å². The van der Waals surface area contributed by atoms with Gasteiger partial charge in [-0.15, -0.1) is 0 Å². The van der Waals surface area contributed by atoms with Gasteiger partial charge in [-0.25, -0.2) is 0 Å².